The maximum Gasteiger partial charge on any atom is 0.376 e. The number of hydrogen-bond donors (Lipinski definition) is 4. The Balaban J connectivity index is 2.17. The van der Waals surface area contributed by atoms with E-state index in [0.29, 0.717) is 11.3 Å². The predicted molar refractivity (Wildman–Crippen MR) is 65.1 cm³/mol. The van der Waals surface area contributed by atoms with Crippen LogP contribution in [0.1, 0.15) is 17.6 Å². The molecule has 1 unspecified atom stereocenters. The third-order valence-corrected chi connectivity index (χ3v) is 3.51. The minimum absolute atomic E-state index is 0.0453. The average molecular weight is 296 g/mol. The monoisotopic (exact) mass is 296 g/mol. The summed E-state index contributed by atoms with van der Waals surface area (Å²) in [5, 5.41) is 23.1. The Labute approximate surface area is 111 Å². The number of imidazole rings is 1. The minimum atomic E-state index is -4.46. The van der Waals surface area contributed by atoms with Crippen molar-refractivity contribution >= 4 is 18.7 Å². The highest BCUT2D eigenvalue weighted by Crippen LogP contribution is 2.33. The topological polar surface area (TPSA) is 150 Å². The van der Waals surface area contributed by atoms with E-state index < -0.39 is 13.7 Å². The van der Waals surface area contributed by atoms with Crippen molar-refractivity contribution in [2.24, 2.45) is 0 Å². The molecule has 104 valence electrons. The zero-order valence-electron chi connectivity index (χ0n) is 9.82. The first kappa shape index (κ1) is 12.9. The largest absolute Gasteiger partial charge is 0.379 e. The van der Waals surface area contributed by atoms with E-state index in [1.807, 2.05) is 0 Å². The lowest BCUT2D eigenvalue weighted by Gasteiger charge is -2.08. The van der Waals surface area contributed by atoms with E-state index >= 15 is 0 Å². The zero-order chi connectivity index (χ0) is 14.3. The Hall–Kier alpha value is -2.13. The molecule has 0 radical (unpaired) electrons. The number of aliphatic hydroxyl groups is 1. The van der Waals surface area contributed by atoms with Crippen LogP contribution in [0.3, 0.4) is 0 Å². The fourth-order valence-corrected chi connectivity index (χ4v) is 2.30. The van der Waals surface area contributed by atoms with Crippen molar-refractivity contribution in [1.82, 2.24) is 30.0 Å². The molecule has 0 amide bonds. The molecule has 20 heavy (non-hydrogen) atoms. The molecular weight excluding hydrogens is 287 g/mol. The van der Waals surface area contributed by atoms with Gasteiger partial charge >= 0.3 is 7.60 Å². The highest BCUT2D eigenvalue weighted by atomic mass is 31.2. The van der Waals surface area contributed by atoms with Crippen LogP contribution in [-0.4, -0.2) is 44.9 Å². The van der Waals surface area contributed by atoms with Gasteiger partial charge in [0, 0.05) is 6.20 Å². The minimum Gasteiger partial charge on any atom is -0.379 e. The van der Waals surface area contributed by atoms with E-state index in [2.05, 4.69) is 25.6 Å². The second-order valence-electron chi connectivity index (χ2n) is 3.99. The number of pyridine rings is 1. The number of aromatic amines is 1. The van der Waals surface area contributed by atoms with Gasteiger partial charge in [-0.3, -0.25) is 8.97 Å². The Morgan fingerprint density at radius 3 is 2.80 bits per heavy atom. The molecular formula is C9H9N6O4P. The van der Waals surface area contributed by atoms with Crippen molar-refractivity contribution in [1.29, 1.82) is 0 Å². The Morgan fingerprint density at radius 2 is 2.15 bits per heavy atom. The Morgan fingerprint density at radius 1 is 1.35 bits per heavy atom. The fourth-order valence-electron chi connectivity index (χ4n) is 1.80. The smallest absolute Gasteiger partial charge is 0.376 e. The zero-order valence-corrected chi connectivity index (χ0v) is 10.7. The lowest BCUT2D eigenvalue weighted by atomic mass is 10.2. The summed E-state index contributed by atoms with van der Waals surface area (Å²) in [4.78, 5) is 22.1. The number of nitrogens with one attached hydrogen (secondary N) is 1. The van der Waals surface area contributed by atoms with Crippen molar-refractivity contribution < 1.29 is 19.5 Å². The van der Waals surface area contributed by atoms with Crippen LogP contribution in [0.5, 0.6) is 0 Å². The molecule has 4 N–H and O–H groups in total. The molecule has 10 nitrogen and oxygen atoms in total. The first-order chi connectivity index (χ1) is 9.47. The summed E-state index contributed by atoms with van der Waals surface area (Å²) in [6.45, 7) is 0. The van der Waals surface area contributed by atoms with Crippen molar-refractivity contribution in [2.75, 3.05) is 0 Å². The first-order valence-electron chi connectivity index (χ1n) is 5.42. The molecule has 0 aliphatic heterocycles. The van der Waals surface area contributed by atoms with Gasteiger partial charge in [-0.25, -0.2) is 4.98 Å². The Bertz CT molecular complexity index is 794. The molecule has 3 aromatic heterocycles. The molecule has 0 aliphatic carbocycles. The number of aliphatic hydroxyl groups excluding tert-OH is 1. The fraction of sp³-hybridized carbons (Fsp3) is 0.111. The Kier molecular flexibility index (Phi) is 2.87. The highest BCUT2D eigenvalue weighted by Gasteiger charge is 2.24. The predicted octanol–water partition coefficient (Wildman–Crippen LogP) is -1.27. The molecule has 3 aromatic rings. The second-order valence-corrected chi connectivity index (χ2v) is 5.54. The summed E-state index contributed by atoms with van der Waals surface area (Å²) in [7, 11) is -4.46. The quantitative estimate of drug-likeness (QED) is 0.437. The summed E-state index contributed by atoms with van der Waals surface area (Å²) >= 11 is 0. The van der Waals surface area contributed by atoms with E-state index in [1.54, 1.807) is 18.2 Å². The number of rotatable bonds is 3. The van der Waals surface area contributed by atoms with Gasteiger partial charge in [-0.1, -0.05) is 11.3 Å². The van der Waals surface area contributed by atoms with Crippen molar-refractivity contribution in [3.8, 4) is 0 Å². The van der Waals surface area contributed by atoms with Crippen molar-refractivity contribution in [3.05, 3.63) is 35.9 Å². The second kappa shape index (κ2) is 4.46. The number of nitrogens with zero attached hydrogens (tertiary/aromatic N) is 5. The van der Waals surface area contributed by atoms with E-state index in [-0.39, 0.29) is 11.3 Å². The van der Waals surface area contributed by atoms with Crippen LogP contribution in [0.2, 0.25) is 0 Å². The lowest BCUT2D eigenvalue weighted by molar-refractivity contribution is 0.203. The number of H-pyrrole nitrogens is 1. The summed E-state index contributed by atoms with van der Waals surface area (Å²) in [5.74, 6) is 0.0453. The number of fused-ring (bicyclic) bond motifs is 1. The van der Waals surface area contributed by atoms with Crippen LogP contribution in [0.4, 0.5) is 0 Å². The van der Waals surface area contributed by atoms with Gasteiger partial charge in [-0.2, -0.15) is 5.21 Å². The van der Waals surface area contributed by atoms with Crippen molar-refractivity contribution in [3.63, 3.8) is 0 Å². The molecule has 0 bridgehead atoms. The van der Waals surface area contributed by atoms with Crippen LogP contribution in [0.25, 0.3) is 5.65 Å². The van der Waals surface area contributed by atoms with Crippen LogP contribution in [0, 0.1) is 0 Å². The molecule has 0 aromatic carbocycles. The van der Waals surface area contributed by atoms with Gasteiger partial charge in [-0.15, -0.1) is 10.2 Å². The summed E-state index contributed by atoms with van der Waals surface area (Å²) in [6, 6.07) is 4.73. The van der Waals surface area contributed by atoms with Gasteiger partial charge in [0.1, 0.15) is 5.65 Å². The molecule has 0 fully saturated rings. The van der Waals surface area contributed by atoms with E-state index in [4.69, 9.17) is 9.79 Å². The number of aromatic nitrogens is 6. The van der Waals surface area contributed by atoms with Crippen LogP contribution in [-0.2, 0) is 4.57 Å². The molecule has 0 aliphatic rings. The van der Waals surface area contributed by atoms with Gasteiger partial charge in [0.25, 0.3) is 0 Å². The normalized spacial score (nSPS) is 13.8. The standard InChI is InChI=1S/C9H9N6O4P/c16-8(9-11-13-14-12-9)5-2-1-3-6-10-7(4-15(5)6)20(17,18)19/h1-4,8,16H,(H2,17,18,19)(H,11,12,13,14). The molecule has 11 heteroatoms. The summed E-state index contributed by atoms with van der Waals surface area (Å²) in [5.41, 5.74) is 0.240. The summed E-state index contributed by atoms with van der Waals surface area (Å²) < 4.78 is 12.6. The number of hydrogen-bond acceptors (Lipinski definition) is 6. The van der Waals surface area contributed by atoms with E-state index in [9.17, 15) is 9.67 Å². The molecule has 0 spiro atoms. The van der Waals surface area contributed by atoms with Gasteiger partial charge < -0.3 is 14.9 Å². The van der Waals surface area contributed by atoms with Crippen LogP contribution < -0.4 is 5.44 Å². The third kappa shape index (κ3) is 2.10. The maximum atomic E-state index is 11.2. The third-order valence-electron chi connectivity index (χ3n) is 2.70. The van der Waals surface area contributed by atoms with Crippen LogP contribution in [0.15, 0.2) is 24.4 Å². The summed E-state index contributed by atoms with van der Waals surface area (Å²) in [6.07, 6.45) is -0.0226. The van der Waals surface area contributed by atoms with E-state index in [0.717, 1.165) is 0 Å². The van der Waals surface area contributed by atoms with Gasteiger partial charge in [0.15, 0.2) is 11.5 Å². The molecule has 0 saturated heterocycles. The van der Waals surface area contributed by atoms with Gasteiger partial charge in [0.05, 0.1) is 5.69 Å². The van der Waals surface area contributed by atoms with Gasteiger partial charge in [0.2, 0.25) is 5.82 Å². The molecule has 1 atom stereocenters. The molecule has 3 heterocycles. The van der Waals surface area contributed by atoms with Gasteiger partial charge in [-0.05, 0) is 12.1 Å². The SMILES string of the molecule is O=P(O)(O)c1cn2c(C(O)c3nn[nH]n3)cccc2n1. The molecule has 0 saturated carbocycles. The lowest BCUT2D eigenvalue weighted by Crippen LogP contribution is -2.08. The maximum absolute atomic E-state index is 11.2. The van der Waals surface area contributed by atoms with E-state index in [1.165, 1.54) is 10.6 Å². The molecule has 3 rings (SSSR count). The average Bonchev–Trinajstić information content (AvgIpc) is 3.05. The van der Waals surface area contributed by atoms with Crippen molar-refractivity contribution in [2.45, 2.75) is 6.10 Å². The van der Waals surface area contributed by atoms with Crippen LogP contribution >= 0.6 is 7.60 Å². The first-order valence-corrected chi connectivity index (χ1v) is 7.03. The highest BCUT2D eigenvalue weighted by molar-refractivity contribution is 7.60. The number of tetrazole rings is 1.